The summed E-state index contributed by atoms with van der Waals surface area (Å²) in [6.07, 6.45) is 4.47. The molecule has 0 radical (unpaired) electrons. The molecule has 5 heteroatoms. The Kier molecular flexibility index (Phi) is 4.58. The summed E-state index contributed by atoms with van der Waals surface area (Å²) in [6, 6.07) is 0.0334. The predicted molar refractivity (Wildman–Crippen MR) is 68.2 cm³/mol. The van der Waals surface area contributed by atoms with Crippen LogP contribution in [0, 0.1) is 0 Å². The van der Waals surface area contributed by atoms with E-state index in [1.807, 2.05) is 0 Å². The highest BCUT2D eigenvalue weighted by Gasteiger charge is 2.45. The third-order valence-electron chi connectivity index (χ3n) is 3.70. The largest absolute Gasteiger partial charge is 0.347 e. The monoisotopic (exact) mass is 261 g/mol. The third-order valence-corrected chi connectivity index (χ3v) is 5.58. The molecule has 100 valence electrons. The van der Waals surface area contributed by atoms with Crippen LogP contribution in [0.15, 0.2) is 0 Å². The molecular formula is C12H23NO3S. The first-order valence-corrected chi connectivity index (χ1v) is 7.96. The molecule has 1 saturated heterocycles. The van der Waals surface area contributed by atoms with Crippen LogP contribution in [0.25, 0.3) is 0 Å². The smallest absolute Gasteiger partial charge is 0.169 e. The second-order valence-corrected chi connectivity index (χ2v) is 6.77. The summed E-state index contributed by atoms with van der Waals surface area (Å²) in [7, 11) is -0.843. The minimum Gasteiger partial charge on any atom is -0.347 e. The molecular weight excluding hydrogens is 238 g/mol. The molecule has 1 heterocycles. The standard InChI is InChI=1S/C12H23NO3S/c1-2-3-8-17(14)11-9-12(5-4-10(11)13)15-6-7-16-12/h10-11H,2-9,13H2,1H3. The highest BCUT2D eigenvalue weighted by Crippen LogP contribution is 2.37. The van der Waals surface area contributed by atoms with Gasteiger partial charge in [-0.15, -0.1) is 0 Å². The molecule has 0 bridgehead atoms. The molecule has 3 atom stereocenters. The van der Waals surface area contributed by atoms with Crippen molar-refractivity contribution < 1.29 is 13.7 Å². The Bertz CT molecular complexity index is 279. The van der Waals surface area contributed by atoms with Gasteiger partial charge in [-0.05, 0) is 12.8 Å². The topological polar surface area (TPSA) is 61.6 Å². The normalized spacial score (nSPS) is 34.0. The maximum atomic E-state index is 12.2. The molecule has 1 spiro atoms. The van der Waals surface area contributed by atoms with Crippen molar-refractivity contribution in [3.8, 4) is 0 Å². The highest BCUT2D eigenvalue weighted by atomic mass is 32.2. The summed E-state index contributed by atoms with van der Waals surface area (Å²) < 4.78 is 23.6. The van der Waals surface area contributed by atoms with Gasteiger partial charge < -0.3 is 15.2 Å². The van der Waals surface area contributed by atoms with Gasteiger partial charge >= 0.3 is 0 Å². The van der Waals surface area contributed by atoms with E-state index < -0.39 is 16.6 Å². The Morgan fingerprint density at radius 2 is 2.12 bits per heavy atom. The van der Waals surface area contributed by atoms with Crippen molar-refractivity contribution in [1.82, 2.24) is 0 Å². The van der Waals surface area contributed by atoms with Crippen LogP contribution in [-0.4, -0.2) is 40.3 Å². The predicted octanol–water partition coefficient (Wildman–Crippen LogP) is 1.16. The van der Waals surface area contributed by atoms with E-state index in [1.54, 1.807) is 0 Å². The van der Waals surface area contributed by atoms with Gasteiger partial charge in [0, 0.05) is 35.4 Å². The van der Waals surface area contributed by atoms with Crippen molar-refractivity contribution in [3.63, 3.8) is 0 Å². The molecule has 2 fully saturated rings. The zero-order valence-corrected chi connectivity index (χ0v) is 11.3. The van der Waals surface area contributed by atoms with Crippen molar-refractivity contribution in [3.05, 3.63) is 0 Å². The number of hydrogen-bond donors (Lipinski definition) is 1. The van der Waals surface area contributed by atoms with Gasteiger partial charge in [-0.1, -0.05) is 13.3 Å². The van der Waals surface area contributed by atoms with E-state index in [9.17, 15) is 4.21 Å². The van der Waals surface area contributed by atoms with Crippen LogP contribution < -0.4 is 5.73 Å². The van der Waals surface area contributed by atoms with Crippen LogP contribution in [0.2, 0.25) is 0 Å². The van der Waals surface area contributed by atoms with Gasteiger partial charge in [-0.2, -0.15) is 0 Å². The summed E-state index contributed by atoms with van der Waals surface area (Å²) >= 11 is 0. The van der Waals surface area contributed by atoms with Crippen LogP contribution >= 0.6 is 0 Å². The Morgan fingerprint density at radius 3 is 2.76 bits per heavy atom. The Morgan fingerprint density at radius 1 is 1.41 bits per heavy atom. The van der Waals surface area contributed by atoms with Gasteiger partial charge in [-0.25, -0.2) is 0 Å². The maximum absolute atomic E-state index is 12.2. The lowest BCUT2D eigenvalue weighted by Gasteiger charge is -2.39. The first-order valence-electron chi connectivity index (χ1n) is 6.57. The van der Waals surface area contributed by atoms with Crippen LogP contribution in [0.1, 0.15) is 39.0 Å². The minimum absolute atomic E-state index is 0.0334. The number of hydrogen-bond acceptors (Lipinski definition) is 4. The van der Waals surface area contributed by atoms with Crippen molar-refractivity contribution in [2.75, 3.05) is 19.0 Å². The average molecular weight is 261 g/mol. The van der Waals surface area contributed by atoms with E-state index in [2.05, 4.69) is 6.92 Å². The molecule has 1 aliphatic carbocycles. The zero-order valence-electron chi connectivity index (χ0n) is 10.5. The lowest BCUT2D eigenvalue weighted by molar-refractivity contribution is -0.177. The molecule has 3 unspecified atom stereocenters. The summed E-state index contributed by atoms with van der Waals surface area (Å²) in [5, 5.41) is 0.0356. The fourth-order valence-electron chi connectivity index (χ4n) is 2.62. The van der Waals surface area contributed by atoms with Crippen molar-refractivity contribution in [2.45, 2.75) is 56.1 Å². The molecule has 17 heavy (non-hydrogen) atoms. The molecule has 0 amide bonds. The molecule has 1 aliphatic heterocycles. The highest BCUT2D eigenvalue weighted by molar-refractivity contribution is 7.85. The fourth-order valence-corrected chi connectivity index (χ4v) is 4.46. The number of unbranched alkanes of at least 4 members (excludes halogenated alkanes) is 1. The summed E-state index contributed by atoms with van der Waals surface area (Å²) in [4.78, 5) is 0. The molecule has 2 aliphatic rings. The number of ether oxygens (including phenoxy) is 2. The lowest BCUT2D eigenvalue weighted by Crippen LogP contribution is -2.51. The van der Waals surface area contributed by atoms with Crippen molar-refractivity contribution in [2.24, 2.45) is 5.73 Å². The quantitative estimate of drug-likeness (QED) is 0.825. The molecule has 2 N–H and O–H groups in total. The summed E-state index contributed by atoms with van der Waals surface area (Å²) in [6.45, 7) is 3.43. The van der Waals surface area contributed by atoms with Crippen LogP contribution in [0.3, 0.4) is 0 Å². The van der Waals surface area contributed by atoms with E-state index >= 15 is 0 Å². The van der Waals surface area contributed by atoms with Gasteiger partial charge in [0.15, 0.2) is 5.79 Å². The van der Waals surface area contributed by atoms with Crippen LogP contribution in [0.4, 0.5) is 0 Å². The van der Waals surface area contributed by atoms with Crippen molar-refractivity contribution in [1.29, 1.82) is 0 Å². The summed E-state index contributed by atoms with van der Waals surface area (Å²) in [5.41, 5.74) is 6.10. The Labute approximate surface area is 106 Å². The second kappa shape index (κ2) is 5.78. The summed E-state index contributed by atoms with van der Waals surface area (Å²) in [5.74, 6) is 0.285. The number of rotatable bonds is 4. The molecule has 2 rings (SSSR count). The lowest BCUT2D eigenvalue weighted by atomic mass is 9.90. The van der Waals surface area contributed by atoms with Crippen molar-refractivity contribution >= 4 is 10.8 Å². The third kappa shape index (κ3) is 3.08. The van der Waals surface area contributed by atoms with E-state index in [0.29, 0.717) is 19.6 Å². The first kappa shape index (κ1) is 13.5. The van der Waals surface area contributed by atoms with E-state index in [1.165, 1.54) is 0 Å². The van der Waals surface area contributed by atoms with Crippen LogP contribution in [0.5, 0.6) is 0 Å². The number of nitrogens with two attached hydrogens (primary N) is 1. The second-order valence-electron chi connectivity index (χ2n) is 4.99. The molecule has 0 aromatic heterocycles. The van der Waals surface area contributed by atoms with Gasteiger partial charge in [0.2, 0.25) is 0 Å². The van der Waals surface area contributed by atoms with Gasteiger partial charge in [0.25, 0.3) is 0 Å². The zero-order chi connectivity index (χ0) is 12.3. The van der Waals surface area contributed by atoms with E-state index in [-0.39, 0.29) is 11.3 Å². The van der Waals surface area contributed by atoms with Gasteiger partial charge in [0.1, 0.15) is 0 Å². The van der Waals surface area contributed by atoms with E-state index in [4.69, 9.17) is 15.2 Å². The fraction of sp³-hybridized carbons (Fsp3) is 1.00. The first-order chi connectivity index (χ1) is 8.17. The molecule has 0 aromatic carbocycles. The molecule has 1 saturated carbocycles. The van der Waals surface area contributed by atoms with Gasteiger partial charge in [-0.3, -0.25) is 4.21 Å². The SMILES string of the molecule is CCCCS(=O)C1CC2(CCC1N)OCCO2. The maximum Gasteiger partial charge on any atom is 0.169 e. The molecule has 4 nitrogen and oxygen atoms in total. The van der Waals surface area contributed by atoms with Crippen LogP contribution in [-0.2, 0) is 20.3 Å². The Balaban J connectivity index is 1.96. The van der Waals surface area contributed by atoms with E-state index in [0.717, 1.165) is 31.4 Å². The van der Waals surface area contributed by atoms with Gasteiger partial charge in [0.05, 0.1) is 18.5 Å². The Hall–Kier alpha value is 0.0300. The minimum atomic E-state index is -0.843. The average Bonchev–Trinajstić information content (AvgIpc) is 2.78. The molecule has 0 aromatic rings.